The Hall–Kier alpha value is -2.13. The number of fused-ring (bicyclic) bond motifs is 1. The Morgan fingerprint density at radius 3 is 2.38 bits per heavy atom. The minimum Gasteiger partial charge on any atom is -0.383 e. The molecule has 6 rings (SSSR count). The first kappa shape index (κ1) is 17.7. The van der Waals surface area contributed by atoms with Gasteiger partial charge in [0, 0.05) is 36.5 Å². The first-order valence-electron chi connectivity index (χ1n) is 10.1. The van der Waals surface area contributed by atoms with Crippen molar-refractivity contribution in [3.05, 3.63) is 29.6 Å². The number of alkyl halides is 3. The van der Waals surface area contributed by atoms with Crippen molar-refractivity contribution in [3.8, 4) is 11.3 Å². The molecular formula is C20H22F3N5O. The zero-order valence-electron chi connectivity index (χ0n) is 15.8. The van der Waals surface area contributed by atoms with Crippen LogP contribution in [0.5, 0.6) is 0 Å². The average molecular weight is 405 g/mol. The molecule has 0 radical (unpaired) electrons. The van der Waals surface area contributed by atoms with Crippen LogP contribution in [-0.2, 0) is 10.9 Å². The Bertz CT molecular complexity index is 954. The number of ether oxygens (including phenoxy) is 1. The van der Waals surface area contributed by atoms with Crippen molar-refractivity contribution in [2.45, 2.75) is 37.0 Å². The SMILES string of the molecule is Nc1ncc(-c2cc([C@H]3[C@@H]4CN(C5COC5)C[C@@H]43)n(C3CC3)n2)cc1C(F)(F)F. The molecule has 2 aliphatic carbocycles. The van der Waals surface area contributed by atoms with Crippen LogP contribution in [-0.4, -0.2) is 52.0 Å². The third-order valence-electron chi connectivity index (χ3n) is 6.88. The van der Waals surface area contributed by atoms with Crippen LogP contribution in [0.4, 0.5) is 19.0 Å². The molecule has 154 valence electrons. The number of hydrogen-bond donors (Lipinski definition) is 1. The third kappa shape index (κ3) is 2.85. The van der Waals surface area contributed by atoms with E-state index in [1.807, 2.05) is 6.07 Å². The molecule has 2 N–H and O–H groups in total. The van der Waals surface area contributed by atoms with Crippen LogP contribution < -0.4 is 5.73 Å². The largest absolute Gasteiger partial charge is 0.419 e. The van der Waals surface area contributed by atoms with E-state index in [2.05, 4.69) is 14.6 Å². The molecule has 2 saturated heterocycles. The molecule has 29 heavy (non-hydrogen) atoms. The first-order chi connectivity index (χ1) is 13.9. The number of halogens is 3. The molecule has 0 unspecified atom stereocenters. The second kappa shape index (κ2) is 5.95. The number of aromatic nitrogens is 3. The van der Waals surface area contributed by atoms with E-state index in [0.29, 0.717) is 41.1 Å². The summed E-state index contributed by atoms with van der Waals surface area (Å²) in [5, 5.41) is 4.70. The maximum absolute atomic E-state index is 13.2. The second-order valence-electron chi connectivity index (χ2n) is 8.78. The number of nitrogens with zero attached hydrogens (tertiary/aromatic N) is 4. The van der Waals surface area contributed by atoms with Gasteiger partial charge in [-0.05, 0) is 36.8 Å². The summed E-state index contributed by atoms with van der Waals surface area (Å²) in [6.07, 6.45) is -0.984. The monoisotopic (exact) mass is 405 g/mol. The van der Waals surface area contributed by atoms with Gasteiger partial charge in [0.1, 0.15) is 5.82 Å². The van der Waals surface area contributed by atoms with Crippen molar-refractivity contribution in [2.24, 2.45) is 11.8 Å². The van der Waals surface area contributed by atoms with Crippen molar-refractivity contribution in [2.75, 3.05) is 32.0 Å². The average Bonchev–Trinajstić information content (AvgIpc) is 3.49. The summed E-state index contributed by atoms with van der Waals surface area (Å²) in [5.41, 5.74) is 6.64. The summed E-state index contributed by atoms with van der Waals surface area (Å²) >= 11 is 0. The Kier molecular flexibility index (Phi) is 3.63. The van der Waals surface area contributed by atoms with Crippen LogP contribution in [0.25, 0.3) is 11.3 Å². The Labute approximate surface area is 165 Å². The van der Waals surface area contributed by atoms with Gasteiger partial charge in [-0.2, -0.15) is 18.3 Å². The third-order valence-corrected chi connectivity index (χ3v) is 6.88. The van der Waals surface area contributed by atoms with E-state index in [1.165, 1.54) is 11.9 Å². The number of nitrogens with two attached hydrogens (primary N) is 1. The number of pyridine rings is 1. The van der Waals surface area contributed by atoms with Gasteiger partial charge in [0.05, 0.1) is 36.6 Å². The van der Waals surface area contributed by atoms with Gasteiger partial charge in [0.15, 0.2) is 0 Å². The molecule has 4 fully saturated rings. The van der Waals surface area contributed by atoms with Crippen LogP contribution in [0.15, 0.2) is 18.3 Å². The van der Waals surface area contributed by atoms with Gasteiger partial charge in [-0.25, -0.2) is 4.98 Å². The molecule has 9 heteroatoms. The number of likely N-dealkylation sites (tertiary alicyclic amines) is 1. The lowest BCUT2D eigenvalue weighted by atomic mass is 10.1. The summed E-state index contributed by atoms with van der Waals surface area (Å²) in [6, 6.07) is 3.98. The summed E-state index contributed by atoms with van der Waals surface area (Å²) in [7, 11) is 0. The highest BCUT2D eigenvalue weighted by atomic mass is 19.4. The van der Waals surface area contributed by atoms with Crippen molar-refractivity contribution < 1.29 is 17.9 Å². The molecule has 2 aromatic heterocycles. The number of piperidine rings is 1. The molecule has 6 nitrogen and oxygen atoms in total. The molecule has 0 aromatic carbocycles. The van der Waals surface area contributed by atoms with E-state index < -0.39 is 17.6 Å². The first-order valence-corrected chi connectivity index (χ1v) is 10.1. The van der Waals surface area contributed by atoms with Crippen LogP contribution in [0.3, 0.4) is 0 Å². The van der Waals surface area contributed by atoms with Crippen LogP contribution in [0.2, 0.25) is 0 Å². The zero-order valence-corrected chi connectivity index (χ0v) is 15.8. The van der Waals surface area contributed by atoms with E-state index >= 15 is 0 Å². The summed E-state index contributed by atoms with van der Waals surface area (Å²) in [4.78, 5) is 6.30. The van der Waals surface area contributed by atoms with Crippen molar-refractivity contribution in [3.63, 3.8) is 0 Å². The van der Waals surface area contributed by atoms with Gasteiger partial charge in [-0.3, -0.25) is 9.58 Å². The van der Waals surface area contributed by atoms with E-state index in [0.717, 1.165) is 45.2 Å². The van der Waals surface area contributed by atoms with Gasteiger partial charge in [0.2, 0.25) is 0 Å². The number of nitrogen functional groups attached to an aromatic ring is 1. The summed E-state index contributed by atoms with van der Waals surface area (Å²) in [5.74, 6) is 1.19. The van der Waals surface area contributed by atoms with Crippen molar-refractivity contribution in [1.82, 2.24) is 19.7 Å². The second-order valence-corrected chi connectivity index (χ2v) is 8.78. The van der Waals surface area contributed by atoms with Gasteiger partial charge < -0.3 is 10.5 Å². The minimum absolute atomic E-state index is 0.367. The Morgan fingerprint density at radius 1 is 1.07 bits per heavy atom. The molecule has 2 aromatic rings. The molecule has 3 atom stereocenters. The standard InChI is InChI=1S/C20H22F3N5O/c21-20(22,23)15-3-10(5-25-19(15)24)16-4-17(28(26-16)11-1-2-11)18-13-6-27(7-14(13)18)12-8-29-9-12/h3-5,11-14,18H,1-2,6-9H2,(H2,24,25)/t13-,14+,18+. The molecule has 4 heterocycles. The fraction of sp³-hybridized carbons (Fsp3) is 0.600. The Balaban J connectivity index is 1.29. The van der Waals surface area contributed by atoms with Crippen molar-refractivity contribution in [1.29, 1.82) is 0 Å². The number of anilines is 1. The Morgan fingerprint density at radius 2 is 1.79 bits per heavy atom. The molecule has 2 aliphatic heterocycles. The van der Waals surface area contributed by atoms with E-state index in [9.17, 15) is 13.2 Å². The normalized spacial score (nSPS) is 29.7. The molecule has 0 spiro atoms. The molecular weight excluding hydrogens is 383 g/mol. The highest BCUT2D eigenvalue weighted by molar-refractivity contribution is 5.63. The predicted octanol–water partition coefficient (Wildman–Crippen LogP) is 2.93. The topological polar surface area (TPSA) is 69.2 Å². The number of rotatable bonds is 4. The maximum Gasteiger partial charge on any atom is 0.419 e. The van der Waals surface area contributed by atoms with Crippen LogP contribution in [0, 0.1) is 11.8 Å². The highest BCUT2D eigenvalue weighted by Crippen LogP contribution is 2.60. The zero-order chi connectivity index (χ0) is 19.9. The molecule has 0 amide bonds. The minimum atomic E-state index is -4.53. The lowest BCUT2D eigenvalue weighted by molar-refractivity contribution is -0.137. The van der Waals surface area contributed by atoms with Crippen molar-refractivity contribution >= 4 is 5.82 Å². The predicted molar refractivity (Wildman–Crippen MR) is 99.0 cm³/mol. The van der Waals surface area contributed by atoms with E-state index in [-0.39, 0.29) is 0 Å². The van der Waals surface area contributed by atoms with Crippen LogP contribution >= 0.6 is 0 Å². The lowest BCUT2D eigenvalue weighted by Gasteiger charge is -2.35. The van der Waals surface area contributed by atoms with Gasteiger partial charge in [-0.15, -0.1) is 0 Å². The summed E-state index contributed by atoms with van der Waals surface area (Å²) < 4.78 is 47.1. The smallest absolute Gasteiger partial charge is 0.383 e. The maximum atomic E-state index is 13.2. The molecule has 2 saturated carbocycles. The summed E-state index contributed by atoms with van der Waals surface area (Å²) in [6.45, 7) is 3.83. The van der Waals surface area contributed by atoms with E-state index in [4.69, 9.17) is 15.6 Å². The number of hydrogen-bond acceptors (Lipinski definition) is 5. The van der Waals surface area contributed by atoms with Gasteiger partial charge in [-0.1, -0.05) is 0 Å². The van der Waals surface area contributed by atoms with Gasteiger partial charge >= 0.3 is 6.18 Å². The highest BCUT2D eigenvalue weighted by Gasteiger charge is 2.59. The van der Waals surface area contributed by atoms with Crippen LogP contribution in [0.1, 0.15) is 36.1 Å². The molecule has 0 bridgehead atoms. The molecule has 4 aliphatic rings. The lowest BCUT2D eigenvalue weighted by Crippen LogP contribution is -2.48. The quantitative estimate of drug-likeness (QED) is 0.847. The fourth-order valence-electron chi connectivity index (χ4n) is 4.98. The fourth-order valence-corrected chi connectivity index (χ4v) is 4.98. The van der Waals surface area contributed by atoms with Gasteiger partial charge in [0.25, 0.3) is 0 Å². The van der Waals surface area contributed by atoms with E-state index in [1.54, 1.807) is 0 Å².